The van der Waals surface area contributed by atoms with Crippen LogP contribution in [0.5, 0.6) is 11.5 Å². The third-order valence-corrected chi connectivity index (χ3v) is 5.30. The van der Waals surface area contributed by atoms with Crippen LogP contribution in [0.4, 0.5) is 10.5 Å². The third kappa shape index (κ3) is 4.37. The molecule has 0 bridgehead atoms. The molecule has 2 fully saturated rings. The van der Waals surface area contributed by atoms with E-state index < -0.39 is 6.09 Å². The average molecular weight is 348 g/mol. The van der Waals surface area contributed by atoms with Crippen LogP contribution in [0.2, 0.25) is 0 Å². The van der Waals surface area contributed by atoms with Crippen molar-refractivity contribution in [1.82, 2.24) is 4.90 Å². The predicted octanol–water partition coefficient (Wildman–Crippen LogP) is 3.52. The first-order chi connectivity index (χ1) is 12.2. The molecule has 1 aromatic carbocycles. The Bertz CT molecular complexity index is 591. The van der Waals surface area contributed by atoms with Gasteiger partial charge in [0.25, 0.3) is 0 Å². The number of nitrogens with one attached hydrogen (secondary N) is 1. The van der Waals surface area contributed by atoms with Crippen LogP contribution in [0.1, 0.15) is 32.1 Å². The van der Waals surface area contributed by atoms with E-state index >= 15 is 0 Å². The molecule has 25 heavy (non-hydrogen) atoms. The van der Waals surface area contributed by atoms with E-state index in [0.29, 0.717) is 35.8 Å². The van der Waals surface area contributed by atoms with Gasteiger partial charge in [-0.05, 0) is 50.9 Å². The van der Waals surface area contributed by atoms with Gasteiger partial charge in [-0.15, -0.1) is 0 Å². The molecule has 1 N–H and O–H groups in total. The highest BCUT2D eigenvalue weighted by molar-refractivity contribution is 5.87. The summed E-state index contributed by atoms with van der Waals surface area (Å²) < 4.78 is 16.0. The maximum atomic E-state index is 12.2. The summed E-state index contributed by atoms with van der Waals surface area (Å²) in [5.74, 6) is 1.67. The van der Waals surface area contributed by atoms with Gasteiger partial charge in [-0.2, -0.15) is 0 Å². The van der Waals surface area contributed by atoms with Crippen LogP contribution in [0.3, 0.4) is 0 Å². The van der Waals surface area contributed by atoms with Crippen molar-refractivity contribution in [1.29, 1.82) is 0 Å². The molecule has 0 aromatic heterocycles. The topological polar surface area (TPSA) is 60.0 Å². The van der Waals surface area contributed by atoms with Crippen LogP contribution in [-0.4, -0.2) is 51.0 Å². The fourth-order valence-corrected chi connectivity index (χ4v) is 4.01. The number of fused-ring (bicyclic) bond motifs is 1. The molecule has 0 unspecified atom stereocenters. The maximum Gasteiger partial charge on any atom is 0.411 e. The zero-order chi connectivity index (χ0) is 17.6. The number of hydrogen-bond acceptors (Lipinski definition) is 5. The molecule has 3 rings (SSSR count). The first kappa shape index (κ1) is 17.9. The lowest BCUT2D eigenvalue weighted by Crippen LogP contribution is -2.49. The van der Waals surface area contributed by atoms with E-state index in [1.807, 2.05) is 0 Å². The second kappa shape index (κ2) is 8.43. The summed E-state index contributed by atoms with van der Waals surface area (Å²) in [5.41, 5.74) is 0.551. The number of benzene rings is 1. The zero-order valence-corrected chi connectivity index (χ0v) is 15.1. The molecule has 6 nitrogen and oxygen atoms in total. The van der Waals surface area contributed by atoms with Gasteiger partial charge in [0.05, 0.1) is 26.5 Å². The minimum Gasteiger partial charge on any atom is -0.497 e. The van der Waals surface area contributed by atoms with E-state index in [2.05, 4.69) is 10.2 Å². The monoisotopic (exact) mass is 348 g/mol. The molecule has 2 heterocycles. The van der Waals surface area contributed by atoms with E-state index in [4.69, 9.17) is 14.2 Å². The number of piperidine rings is 2. The van der Waals surface area contributed by atoms with Gasteiger partial charge >= 0.3 is 6.09 Å². The quantitative estimate of drug-likeness (QED) is 0.882. The van der Waals surface area contributed by atoms with Gasteiger partial charge in [0, 0.05) is 18.0 Å². The number of carbonyl (C=O) groups is 1. The summed E-state index contributed by atoms with van der Waals surface area (Å²) in [6.07, 6.45) is 5.68. The Morgan fingerprint density at radius 2 is 2.00 bits per heavy atom. The number of carbonyl (C=O) groups excluding carboxylic acids is 1. The van der Waals surface area contributed by atoms with E-state index in [-0.39, 0.29) is 0 Å². The van der Waals surface area contributed by atoms with Crippen molar-refractivity contribution in [2.75, 3.05) is 39.2 Å². The Morgan fingerprint density at radius 3 is 2.80 bits per heavy atom. The van der Waals surface area contributed by atoms with Crippen LogP contribution in [0.15, 0.2) is 18.2 Å². The number of rotatable bonds is 5. The lowest BCUT2D eigenvalue weighted by Gasteiger charge is -2.44. The molecule has 2 atom stereocenters. The molecule has 6 heteroatoms. The van der Waals surface area contributed by atoms with E-state index in [1.54, 1.807) is 32.4 Å². The lowest BCUT2D eigenvalue weighted by molar-refractivity contribution is 0.0261. The number of methoxy groups -OCH3 is 2. The largest absolute Gasteiger partial charge is 0.497 e. The van der Waals surface area contributed by atoms with E-state index in [0.717, 1.165) is 6.42 Å². The predicted molar refractivity (Wildman–Crippen MR) is 96.5 cm³/mol. The Kier molecular flexibility index (Phi) is 6.02. The molecule has 0 saturated carbocycles. The minimum absolute atomic E-state index is 0.437. The van der Waals surface area contributed by atoms with Gasteiger partial charge < -0.3 is 14.2 Å². The van der Waals surface area contributed by atoms with Crippen molar-refractivity contribution >= 4 is 11.8 Å². The maximum absolute atomic E-state index is 12.2. The summed E-state index contributed by atoms with van der Waals surface area (Å²) in [4.78, 5) is 14.8. The van der Waals surface area contributed by atoms with Gasteiger partial charge in [0.2, 0.25) is 0 Å². The van der Waals surface area contributed by atoms with Crippen molar-refractivity contribution in [3.8, 4) is 11.5 Å². The van der Waals surface area contributed by atoms with Crippen molar-refractivity contribution < 1.29 is 19.0 Å². The number of ether oxygens (including phenoxy) is 3. The van der Waals surface area contributed by atoms with Gasteiger partial charge in [-0.25, -0.2) is 4.79 Å². The number of nitrogens with zero attached hydrogens (tertiary/aromatic N) is 1. The highest BCUT2D eigenvalue weighted by atomic mass is 16.5. The van der Waals surface area contributed by atoms with Gasteiger partial charge in [-0.3, -0.25) is 10.2 Å². The van der Waals surface area contributed by atoms with Crippen LogP contribution in [0, 0.1) is 5.92 Å². The molecule has 2 aliphatic rings. The van der Waals surface area contributed by atoms with Crippen molar-refractivity contribution in [2.45, 2.75) is 38.1 Å². The van der Waals surface area contributed by atoms with Crippen LogP contribution >= 0.6 is 0 Å². The average Bonchev–Trinajstić information content (AvgIpc) is 2.66. The zero-order valence-electron chi connectivity index (χ0n) is 15.1. The molecular weight excluding hydrogens is 320 g/mol. The van der Waals surface area contributed by atoms with Gasteiger partial charge in [-0.1, -0.05) is 6.42 Å². The Labute approximate surface area is 149 Å². The lowest BCUT2D eigenvalue weighted by atomic mass is 9.84. The number of hydrogen-bond donors (Lipinski definition) is 1. The van der Waals surface area contributed by atoms with Crippen molar-refractivity contribution in [2.24, 2.45) is 5.92 Å². The first-order valence-corrected chi connectivity index (χ1v) is 9.11. The Balaban J connectivity index is 1.56. The third-order valence-electron chi connectivity index (χ3n) is 5.30. The first-order valence-electron chi connectivity index (χ1n) is 9.11. The standard InChI is InChI=1S/C19H28N2O4/c1-23-15-8-9-18(24-2)16(12-15)20-19(22)25-13-14-6-5-11-21-10-4-3-7-17(14)21/h8-9,12,14,17H,3-7,10-11,13H2,1-2H3,(H,20,22)/t14-,17+/m0/s1. The normalized spacial score (nSPS) is 23.4. The SMILES string of the molecule is COc1ccc(OC)c(NC(=O)OC[C@@H]2CCCN3CCCC[C@H]23)c1. The summed E-state index contributed by atoms with van der Waals surface area (Å²) in [7, 11) is 3.15. The molecule has 0 aliphatic carbocycles. The van der Waals surface area contributed by atoms with Crippen LogP contribution < -0.4 is 14.8 Å². The second-order valence-corrected chi connectivity index (χ2v) is 6.79. The smallest absolute Gasteiger partial charge is 0.411 e. The molecule has 138 valence electrons. The molecule has 1 amide bonds. The molecular formula is C19H28N2O4. The summed E-state index contributed by atoms with van der Waals surface area (Å²) in [5, 5.41) is 2.77. The second-order valence-electron chi connectivity index (χ2n) is 6.79. The van der Waals surface area contributed by atoms with Crippen LogP contribution in [-0.2, 0) is 4.74 Å². The highest BCUT2D eigenvalue weighted by Gasteiger charge is 2.33. The molecule has 2 saturated heterocycles. The number of amides is 1. The summed E-state index contributed by atoms with van der Waals surface area (Å²) in [6.45, 7) is 2.85. The van der Waals surface area contributed by atoms with Crippen LogP contribution in [0.25, 0.3) is 0 Å². The van der Waals surface area contributed by atoms with Gasteiger partial charge in [0.1, 0.15) is 11.5 Å². The van der Waals surface area contributed by atoms with E-state index in [9.17, 15) is 4.79 Å². The van der Waals surface area contributed by atoms with Gasteiger partial charge in [0.15, 0.2) is 0 Å². The minimum atomic E-state index is -0.445. The van der Waals surface area contributed by atoms with Crippen molar-refractivity contribution in [3.05, 3.63) is 18.2 Å². The molecule has 1 aromatic rings. The fourth-order valence-electron chi connectivity index (χ4n) is 4.01. The Morgan fingerprint density at radius 1 is 1.16 bits per heavy atom. The van der Waals surface area contributed by atoms with Crippen molar-refractivity contribution in [3.63, 3.8) is 0 Å². The summed E-state index contributed by atoms with van der Waals surface area (Å²) >= 11 is 0. The van der Waals surface area contributed by atoms with E-state index in [1.165, 1.54) is 38.8 Å². The molecule has 2 aliphatic heterocycles. The highest BCUT2D eigenvalue weighted by Crippen LogP contribution is 2.32. The molecule has 0 radical (unpaired) electrons. The number of anilines is 1. The summed E-state index contributed by atoms with van der Waals surface area (Å²) in [6, 6.07) is 5.84. The fraction of sp³-hybridized carbons (Fsp3) is 0.632. The Hall–Kier alpha value is -1.95. The molecule has 0 spiro atoms.